The fourth-order valence-corrected chi connectivity index (χ4v) is 2.89. The van der Waals surface area contributed by atoms with Gasteiger partial charge in [-0.2, -0.15) is 0 Å². The third kappa shape index (κ3) is 5.50. The molecule has 0 aliphatic heterocycles. The van der Waals surface area contributed by atoms with Gasteiger partial charge in [-0.1, -0.05) is 12.1 Å². The minimum atomic E-state index is -0.637. The van der Waals surface area contributed by atoms with E-state index in [0.717, 1.165) is 5.56 Å². The average Bonchev–Trinajstić information content (AvgIpc) is 3.18. The average molecular weight is 411 g/mol. The van der Waals surface area contributed by atoms with Gasteiger partial charge in [0.05, 0.1) is 13.2 Å². The summed E-state index contributed by atoms with van der Waals surface area (Å²) in [5.41, 5.74) is 1.80. The zero-order valence-corrected chi connectivity index (χ0v) is 17.1. The number of rotatable bonds is 10. The van der Waals surface area contributed by atoms with Gasteiger partial charge in [0.25, 0.3) is 5.91 Å². The number of fused-ring (bicyclic) bond motifs is 1. The van der Waals surface area contributed by atoms with Crippen molar-refractivity contribution in [2.75, 3.05) is 26.4 Å². The summed E-state index contributed by atoms with van der Waals surface area (Å²) in [5, 5.41) is 2.74. The lowest BCUT2D eigenvalue weighted by Gasteiger charge is -2.12. The Morgan fingerprint density at radius 1 is 1.07 bits per heavy atom. The van der Waals surface area contributed by atoms with Crippen LogP contribution in [0.2, 0.25) is 0 Å². The number of carbonyl (C=O) groups is 2. The second-order valence-corrected chi connectivity index (χ2v) is 6.42. The zero-order chi connectivity index (χ0) is 21.3. The number of ether oxygens (including phenoxy) is 3. The van der Waals surface area contributed by atoms with Gasteiger partial charge < -0.3 is 23.9 Å². The maximum absolute atomic E-state index is 12.1. The highest BCUT2D eigenvalue weighted by atomic mass is 16.5. The lowest BCUT2D eigenvalue weighted by molar-refractivity contribution is -0.124. The summed E-state index contributed by atoms with van der Waals surface area (Å²) in [5.74, 6) is 0.375. The number of aromatic nitrogens is 2. The SMILES string of the molecule is CCOc1ccc(CCNC(=O)COC(=O)c2cn3ccccc3n2)cc1OCC. The fraction of sp³-hybridized carbons (Fsp3) is 0.318. The number of hydrogen-bond acceptors (Lipinski definition) is 6. The van der Waals surface area contributed by atoms with Crippen molar-refractivity contribution in [3.8, 4) is 11.5 Å². The van der Waals surface area contributed by atoms with Crippen molar-refractivity contribution >= 4 is 17.5 Å². The maximum atomic E-state index is 12.1. The van der Waals surface area contributed by atoms with Gasteiger partial charge in [-0.15, -0.1) is 0 Å². The van der Waals surface area contributed by atoms with Gasteiger partial charge in [0.1, 0.15) is 5.65 Å². The van der Waals surface area contributed by atoms with Crippen LogP contribution in [-0.4, -0.2) is 47.6 Å². The van der Waals surface area contributed by atoms with Crippen LogP contribution < -0.4 is 14.8 Å². The van der Waals surface area contributed by atoms with Crippen LogP contribution >= 0.6 is 0 Å². The van der Waals surface area contributed by atoms with E-state index in [-0.39, 0.29) is 18.2 Å². The standard InChI is InChI=1S/C22H25N3O5/c1-3-28-18-9-8-16(13-19(18)29-4-2)10-11-23-21(26)15-30-22(27)17-14-25-12-6-5-7-20(25)24-17/h5-9,12-14H,3-4,10-11,15H2,1-2H3,(H,23,26). The lowest BCUT2D eigenvalue weighted by atomic mass is 10.1. The Labute approximate surface area is 174 Å². The molecule has 3 rings (SSSR count). The van der Waals surface area contributed by atoms with Crippen molar-refractivity contribution in [2.45, 2.75) is 20.3 Å². The van der Waals surface area contributed by atoms with Crippen LogP contribution in [0.4, 0.5) is 0 Å². The second-order valence-electron chi connectivity index (χ2n) is 6.42. The molecule has 158 valence electrons. The minimum Gasteiger partial charge on any atom is -0.490 e. The van der Waals surface area contributed by atoms with Crippen LogP contribution in [0, 0.1) is 0 Å². The van der Waals surface area contributed by atoms with E-state index in [4.69, 9.17) is 14.2 Å². The van der Waals surface area contributed by atoms with Crippen molar-refractivity contribution in [2.24, 2.45) is 0 Å². The van der Waals surface area contributed by atoms with E-state index >= 15 is 0 Å². The third-order valence-electron chi connectivity index (χ3n) is 4.25. The first-order valence-electron chi connectivity index (χ1n) is 9.86. The minimum absolute atomic E-state index is 0.159. The number of esters is 1. The molecular weight excluding hydrogens is 386 g/mol. The van der Waals surface area contributed by atoms with Gasteiger partial charge in [0.15, 0.2) is 23.8 Å². The summed E-state index contributed by atoms with van der Waals surface area (Å²) in [6.45, 7) is 4.97. The Bertz CT molecular complexity index is 982. The van der Waals surface area contributed by atoms with Crippen molar-refractivity contribution < 1.29 is 23.8 Å². The summed E-state index contributed by atoms with van der Waals surface area (Å²) >= 11 is 0. The van der Waals surface area contributed by atoms with Crippen LogP contribution in [0.3, 0.4) is 0 Å². The molecule has 1 aromatic carbocycles. The van der Waals surface area contributed by atoms with Gasteiger partial charge in [-0.05, 0) is 50.1 Å². The van der Waals surface area contributed by atoms with Gasteiger partial charge in [-0.25, -0.2) is 9.78 Å². The monoisotopic (exact) mass is 411 g/mol. The van der Waals surface area contributed by atoms with Gasteiger partial charge in [0.2, 0.25) is 0 Å². The normalized spacial score (nSPS) is 10.6. The molecule has 0 bridgehead atoms. The van der Waals surface area contributed by atoms with E-state index in [1.54, 1.807) is 22.9 Å². The molecular formula is C22H25N3O5. The topological polar surface area (TPSA) is 91.2 Å². The van der Waals surface area contributed by atoms with Crippen molar-refractivity contribution in [1.29, 1.82) is 0 Å². The quantitative estimate of drug-likeness (QED) is 0.516. The van der Waals surface area contributed by atoms with E-state index in [1.807, 2.05) is 44.2 Å². The molecule has 2 aromatic heterocycles. The fourth-order valence-electron chi connectivity index (χ4n) is 2.89. The number of hydrogen-bond donors (Lipinski definition) is 1. The Kier molecular flexibility index (Phi) is 7.26. The molecule has 0 saturated carbocycles. The Morgan fingerprint density at radius 2 is 1.87 bits per heavy atom. The van der Waals surface area contributed by atoms with E-state index in [1.165, 1.54) is 0 Å². The van der Waals surface area contributed by atoms with Crippen LogP contribution in [0.15, 0.2) is 48.8 Å². The van der Waals surface area contributed by atoms with E-state index < -0.39 is 5.97 Å². The molecule has 0 unspecified atom stereocenters. The van der Waals surface area contributed by atoms with Gasteiger partial charge in [-0.3, -0.25) is 4.79 Å². The molecule has 0 aliphatic rings. The van der Waals surface area contributed by atoms with E-state index in [9.17, 15) is 9.59 Å². The summed E-state index contributed by atoms with van der Waals surface area (Å²) in [7, 11) is 0. The molecule has 1 N–H and O–H groups in total. The van der Waals surface area contributed by atoms with Crippen LogP contribution in [0.25, 0.3) is 5.65 Å². The van der Waals surface area contributed by atoms with Gasteiger partial charge >= 0.3 is 5.97 Å². The summed E-state index contributed by atoms with van der Waals surface area (Å²) in [4.78, 5) is 28.3. The molecule has 0 radical (unpaired) electrons. The number of carbonyl (C=O) groups excluding carboxylic acids is 2. The molecule has 8 heteroatoms. The van der Waals surface area contributed by atoms with E-state index in [2.05, 4.69) is 10.3 Å². The number of benzene rings is 1. The molecule has 0 aliphatic carbocycles. The first-order valence-corrected chi connectivity index (χ1v) is 9.86. The van der Waals surface area contributed by atoms with Crippen molar-refractivity contribution in [3.05, 3.63) is 60.0 Å². The Balaban J connectivity index is 1.45. The molecule has 3 aromatic rings. The summed E-state index contributed by atoms with van der Waals surface area (Å²) < 4.78 is 17.9. The Morgan fingerprint density at radius 3 is 2.63 bits per heavy atom. The number of nitrogens with zero attached hydrogens (tertiary/aromatic N) is 2. The predicted molar refractivity (Wildman–Crippen MR) is 111 cm³/mol. The highest BCUT2D eigenvalue weighted by Gasteiger charge is 2.14. The molecule has 0 spiro atoms. The molecule has 0 saturated heterocycles. The van der Waals surface area contributed by atoms with Crippen LogP contribution in [0.5, 0.6) is 11.5 Å². The van der Waals surface area contributed by atoms with Crippen LogP contribution in [0.1, 0.15) is 29.9 Å². The second kappa shape index (κ2) is 10.3. The number of pyridine rings is 1. The Hall–Kier alpha value is -3.55. The largest absolute Gasteiger partial charge is 0.490 e. The molecule has 2 heterocycles. The number of imidazole rings is 1. The molecule has 0 atom stereocenters. The highest BCUT2D eigenvalue weighted by molar-refractivity contribution is 5.90. The third-order valence-corrected chi connectivity index (χ3v) is 4.25. The molecule has 8 nitrogen and oxygen atoms in total. The summed E-state index contributed by atoms with van der Waals surface area (Å²) in [6.07, 6.45) is 3.96. The smallest absolute Gasteiger partial charge is 0.359 e. The van der Waals surface area contributed by atoms with Crippen molar-refractivity contribution in [1.82, 2.24) is 14.7 Å². The van der Waals surface area contributed by atoms with Gasteiger partial charge in [0, 0.05) is 18.9 Å². The lowest BCUT2D eigenvalue weighted by Crippen LogP contribution is -2.30. The summed E-state index contributed by atoms with van der Waals surface area (Å²) in [6, 6.07) is 11.1. The molecule has 0 fully saturated rings. The molecule has 1 amide bonds. The predicted octanol–water partition coefficient (Wildman–Crippen LogP) is 2.65. The van der Waals surface area contributed by atoms with E-state index in [0.29, 0.717) is 43.3 Å². The van der Waals surface area contributed by atoms with Crippen molar-refractivity contribution in [3.63, 3.8) is 0 Å². The van der Waals surface area contributed by atoms with Crippen LogP contribution in [-0.2, 0) is 16.0 Å². The molecule has 30 heavy (non-hydrogen) atoms. The number of amides is 1. The highest BCUT2D eigenvalue weighted by Crippen LogP contribution is 2.28. The maximum Gasteiger partial charge on any atom is 0.359 e. The first kappa shape index (κ1) is 21.2. The first-order chi connectivity index (χ1) is 14.6. The number of nitrogens with one attached hydrogen (secondary N) is 1. The zero-order valence-electron chi connectivity index (χ0n) is 17.1.